The number of hydrogen-bond acceptors (Lipinski definition) is 3. The summed E-state index contributed by atoms with van der Waals surface area (Å²) in [7, 11) is 0. The predicted octanol–water partition coefficient (Wildman–Crippen LogP) is 2.81. The minimum Gasteiger partial charge on any atom is -0.384 e. The largest absolute Gasteiger partial charge is 0.384 e. The van der Waals surface area contributed by atoms with Crippen molar-refractivity contribution in [1.82, 2.24) is 9.97 Å². The van der Waals surface area contributed by atoms with Crippen LogP contribution in [0.3, 0.4) is 0 Å². The summed E-state index contributed by atoms with van der Waals surface area (Å²) in [5.41, 5.74) is 5.94. The summed E-state index contributed by atoms with van der Waals surface area (Å²) in [5, 5.41) is 0.315. The van der Waals surface area contributed by atoms with Gasteiger partial charge in [-0.25, -0.2) is 9.37 Å². The molecule has 2 aromatic rings. The summed E-state index contributed by atoms with van der Waals surface area (Å²) < 4.78 is 26.5. The van der Waals surface area contributed by atoms with Crippen molar-refractivity contribution < 1.29 is 8.78 Å². The molecule has 0 radical (unpaired) electrons. The van der Waals surface area contributed by atoms with E-state index in [9.17, 15) is 8.78 Å². The Kier molecular flexibility index (Phi) is 4.16. The molecule has 0 spiro atoms. The number of fused-ring (bicyclic) bond motifs is 1. The lowest BCUT2D eigenvalue weighted by atomic mass is 10.1. The van der Waals surface area contributed by atoms with Crippen molar-refractivity contribution in [1.29, 1.82) is 0 Å². The Bertz CT molecular complexity index is 630. The van der Waals surface area contributed by atoms with Crippen molar-refractivity contribution >= 4 is 16.9 Å². The minimum atomic E-state index is -1.27. The standard InChI is InChI=1S/C11H7F2N3.C2H6/c1-3-6-8-5(2)4-7(14)15-11(8)16-10(13)9(6)12;1-2/h1,4H,2H3,(H2,14,15,16);1-2H3. The van der Waals surface area contributed by atoms with E-state index in [0.29, 0.717) is 10.9 Å². The van der Waals surface area contributed by atoms with E-state index in [4.69, 9.17) is 12.2 Å². The second-order valence-corrected chi connectivity index (χ2v) is 3.30. The fourth-order valence-electron chi connectivity index (χ4n) is 1.56. The third-order valence-electron chi connectivity index (χ3n) is 2.22. The molecule has 0 saturated carbocycles. The van der Waals surface area contributed by atoms with Gasteiger partial charge in [-0.2, -0.15) is 9.37 Å². The van der Waals surface area contributed by atoms with Gasteiger partial charge in [-0.05, 0) is 18.6 Å². The number of nitrogens with two attached hydrogens (primary N) is 1. The Morgan fingerprint density at radius 3 is 2.44 bits per heavy atom. The highest BCUT2D eigenvalue weighted by atomic mass is 19.2. The summed E-state index contributed by atoms with van der Waals surface area (Å²) >= 11 is 0. The fourth-order valence-corrected chi connectivity index (χ4v) is 1.56. The predicted molar refractivity (Wildman–Crippen MR) is 67.9 cm³/mol. The number of nitrogen functional groups attached to an aromatic ring is 1. The Morgan fingerprint density at radius 2 is 1.89 bits per heavy atom. The number of anilines is 1. The number of rotatable bonds is 0. The van der Waals surface area contributed by atoms with Crippen molar-refractivity contribution in [2.24, 2.45) is 0 Å². The summed E-state index contributed by atoms with van der Waals surface area (Å²) in [6, 6.07) is 1.53. The molecule has 2 heterocycles. The molecule has 0 bridgehead atoms. The first-order chi connectivity index (χ1) is 8.54. The van der Waals surface area contributed by atoms with E-state index in [0.717, 1.165) is 0 Å². The molecule has 94 valence electrons. The maximum absolute atomic E-state index is 13.4. The molecule has 0 aliphatic rings. The molecule has 2 N–H and O–H groups in total. The second-order valence-electron chi connectivity index (χ2n) is 3.30. The van der Waals surface area contributed by atoms with Crippen LogP contribution in [0.5, 0.6) is 0 Å². The number of aromatic nitrogens is 2. The third kappa shape index (κ3) is 2.23. The van der Waals surface area contributed by atoms with Crippen molar-refractivity contribution in [2.75, 3.05) is 5.73 Å². The zero-order valence-corrected chi connectivity index (χ0v) is 10.4. The van der Waals surface area contributed by atoms with Crippen LogP contribution in [-0.2, 0) is 0 Å². The maximum Gasteiger partial charge on any atom is 0.252 e. The van der Waals surface area contributed by atoms with Gasteiger partial charge in [0.2, 0.25) is 0 Å². The molecule has 2 aromatic heterocycles. The summed E-state index contributed by atoms with van der Waals surface area (Å²) in [6.07, 6.45) is 5.15. The van der Waals surface area contributed by atoms with Gasteiger partial charge in [0, 0.05) is 5.39 Å². The summed E-state index contributed by atoms with van der Waals surface area (Å²) in [6.45, 7) is 5.68. The van der Waals surface area contributed by atoms with Crippen LogP contribution < -0.4 is 5.73 Å². The van der Waals surface area contributed by atoms with Crippen molar-refractivity contribution in [3.63, 3.8) is 0 Å². The van der Waals surface area contributed by atoms with E-state index in [-0.39, 0.29) is 17.0 Å². The molecule has 0 unspecified atom stereocenters. The van der Waals surface area contributed by atoms with Gasteiger partial charge < -0.3 is 5.73 Å². The van der Waals surface area contributed by atoms with Crippen LogP contribution >= 0.6 is 0 Å². The quantitative estimate of drug-likeness (QED) is 0.577. The van der Waals surface area contributed by atoms with E-state index >= 15 is 0 Å². The van der Waals surface area contributed by atoms with E-state index in [2.05, 4.69) is 15.9 Å². The van der Waals surface area contributed by atoms with Crippen LogP contribution in [0, 0.1) is 31.0 Å². The number of hydrogen-bond donors (Lipinski definition) is 1. The monoisotopic (exact) mass is 249 g/mol. The van der Waals surface area contributed by atoms with Gasteiger partial charge in [0.15, 0.2) is 11.5 Å². The SMILES string of the molecule is C#Cc1c(F)c(F)nc2nc(N)cc(C)c12.CC. The lowest BCUT2D eigenvalue weighted by molar-refractivity contribution is 0.481. The maximum atomic E-state index is 13.4. The molecule has 0 aliphatic heterocycles. The Labute approximate surface area is 104 Å². The summed E-state index contributed by atoms with van der Waals surface area (Å²) in [4.78, 5) is 7.19. The number of halogens is 2. The molecule has 0 amide bonds. The van der Waals surface area contributed by atoms with Gasteiger partial charge in [-0.15, -0.1) is 6.42 Å². The minimum absolute atomic E-state index is 0.0179. The lowest BCUT2D eigenvalue weighted by Gasteiger charge is -2.06. The van der Waals surface area contributed by atoms with Crippen molar-refractivity contribution in [3.8, 4) is 12.3 Å². The lowest BCUT2D eigenvalue weighted by Crippen LogP contribution is -2.02. The highest BCUT2D eigenvalue weighted by Crippen LogP contribution is 2.24. The Morgan fingerprint density at radius 1 is 1.28 bits per heavy atom. The van der Waals surface area contributed by atoms with Crippen LogP contribution in [0.2, 0.25) is 0 Å². The highest BCUT2D eigenvalue weighted by Gasteiger charge is 2.16. The first-order valence-corrected chi connectivity index (χ1v) is 5.43. The number of pyridine rings is 2. The van der Waals surface area contributed by atoms with Crippen LogP contribution in [-0.4, -0.2) is 9.97 Å². The van der Waals surface area contributed by atoms with E-state index < -0.39 is 11.8 Å². The van der Waals surface area contributed by atoms with Crippen molar-refractivity contribution in [3.05, 3.63) is 29.0 Å². The zero-order chi connectivity index (χ0) is 13.9. The van der Waals surface area contributed by atoms with Crippen LogP contribution in [0.4, 0.5) is 14.6 Å². The molecule has 0 aliphatic carbocycles. The number of terminal acetylenes is 1. The molecule has 0 fully saturated rings. The average molecular weight is 249 g/mol. The number of aryl methyl sites for hydroxylation is 1. The number of nitrogens with zero attached hydrogens (tertiary/aromatic N) is 2. The van der Waals surface area contributed by atoms with E-state index in [1.807, 2.05) is 13.8 Å². The van der Waals surface area contributed by atoms with E-state index in [1.165, 1.54) is 6.07 Å². The highest BCUT2D eigenvalue weighted by molar-refractivity contribution is 5.86. The van der Waals surface area contributed by atoms with Crippen molar-refractivity contribution in [2.45, 2.75) is 20.8 Å². The zero-order valence-electron chi connectivity index (χ0n) is 10.4. The van der Waals surface area contributed by atoms with Gasteiger partial charge in [0.05, 0.1) is 5.56 Å². The van der Waals surface area contributed by atoms with Crippen LogP contribution in [0.1, 0.15) is 25.0 Å². The van der Waals surface area contributed by atoms with Gasteiger partial charge in [0.25, 0.3) is 5.95 Å². The first kappa shape index (κ1) is 13.8. The molecule has 2 rings (SSSR count). The molecule has 0 aromatic carbocycles. The molecule has 3 nitrogen and oxygen atoms in total. The molecule has 0 atom stereocenters. The third-order valence-corrected chi connectivity index (χ3v) is 2.22. The van der Waals surface area contributed by atoms with Gasteiger partial charge in [-0.1, -0.05) is 19.8 Å². The fraction of sp³-hybridized carbons (Fsp3) is 0.231. The smallest absolute Gasteiger partial charge is 0.252 e. The first-order valence-electron chi connectivity index (χ1n) is 5.43. The van der Waals surface area contributed by atoms with Crippen LogP contribution in [0.25, 0.3) is 11.0 Å². The normalized spacial score (nSPS) is 9.56. The average Bonchev–Trinajstić information content (AvgIpc) is 2.34. The van der Waals surface area contributed by atoms with Gasteiger partial charge in [0.1, 0.15) is 5.82 Å². The van der Waals surface area contributed by atoms with E-state index in [1.54, 1.807) is 6.92 Å². The molecular formula is C13H13F2N3. The molecule has 5 heteroatoms. The van der Waals surface area contributed by atoms with Crippen LogP contribution in [0.15, 0.2) is 6.07 Å². The Hall–Kier alpha value is -2.22. The molecule has 0 saturated heterocycles. The second kappa shape index (κ2) is 5.41. The summed E-state index contributed by atoms with van der Waals surface area (Å²) in [5.74, 6) is -0.110. The van der Waals surface area contributed by atoms with Gasteiger partial charge >= 0.3 is 0 Å². The van der Waals surface area contributed by atoms with Gasteiger partial charge in [-0.3, -0.25) is 0 Å². The molecule has 18 heavy (non-hydrogen) atoms. The molecular weight excluding hydrogens is 236 g/mol. The Balaban J connectivity index is 0.000000771. The topological polar surface area (TPSA) is 51.8 Å².